The van der Waals surface area contributed by atoms with E-state index in [1.807, 2.05) is 37.3 Å². The fourth-order valence-electron chi connectivity index (χ4n) is 4.13. The molecule has 0 saturated carbocycles. The number of hydrogen-bond acceptors (Lipinski definition) is 4. The molecule has 164 valence electrons. The number of rotatable bonds is 9. The van der Waals surface area contributed by atoms with E-state index in [1.54, 1.807) is 18.3 Å². The molecule has 1 heterocycles. The molecule has 2 aromatic carbocycles. The standard InChI is InChI=1S/C25H30FN3O2/c1-4-5-7-11-17(2)25(22-20(26)14-10-15-21(22)31-3)28-16-19(23(29-25)24(27)30)18-12-8-6-9-13-18/h6,8-10,12-17,29H,4-5,7,11H2,1-3H3,(H2,27,30). The predicted molar refractivity (Wildman–Crippen MR) is 122 cm³/mol. The van der Waals surface area contributed by atoms with Crippen molar-refractivity contribution in [1.29, 1.82) is 0 Å². The van der Waals surface area contributed by atoms with Crippen molar-refractivity contribution in [2.45, 2.75) is 45.2 Å². The summed E-state index contributed by atoms with van der Waals surface area (Å²) < 4.78 is 20.7. The summed E-state index contributed by atoms with van der Waals surface area (Å²) in [6, 6.07) is 14.1. The van der Waals surface area contributed by atoms with Crippen molar-refractivity contribution in [2.75, 3.05) is 7.11 Å². The Hall–Kier alpha value is -3.15. The Balaban J connectivity index is 2.17. The van der Waals surface area contributed by atoms with Gasteiger partial charge in [-0.2, -0.15) is 0 Å². The van der Waals surface area contributed by atoms with Crippen LogP contribution in [0.1, 0.15) is 50.7 Å². The summed E-state index contributed by atoms with van der Waals surface area (Å²) in [5.74, 6) is -0.824. The Kier molecular flexibility index (Phi) is 7.10. The van der Waals surface area contributed by atoms with Crippen molar-refractivity contribution in [2.24, 2.45) is 16.6 Å². The molecule has 1 aliphatic heterocycles. The van der Waals surface area contributed by atoms with Crippen molar-refractivity contribution < 1.29 is 13.9 Å². The second-order valence-corrected chi connectivity index (χ2v) is 7.88. The van der Waals surface area contributed by atoms with E-state index in [0.29, 0.717) is 11.3 Å². The summed E-state index contributed by atoms with van der Waals surface area (Å²) >= 11 is 0. The zero-order chi connectivity index (χ0) is 22.4. The van der Waals surface area contributed by atoms with E-state index < -0.39 is 17.4 Å². The van der Waals surface area contributed by atoms with Gasteiger partial charge in [-0.3, -0.25) is 9.79 Å². The third-order valence-electron chi connectivity index (χ3n) is 5.84. The van der Waals surface area contributed by atoms with Gasteiger partial charge in [0.2, 0.25) is 0 Å². The second-order valence-electron chi connectivity index (χ2n) is 7.88. The molecule has 0 bridgehead atoms. The maximum absolute atomic E-state index is 15.2. The van der Waals surface area contributed by atoms with Crippen molar-refractivity contribution in [3.05, 3.63) is 71.2 Å². The third kappa shape index (κ3) is 4.48. The molecule has 0 saturated heterocycles. The van der Waals surface area contributed by atoms with Gasteiger partial charge < -0.3 is 15.8 Å². The number of methoxy groups -OCH3 is 1. The number of hydrogen-bond donors (Lipinski definition) is 2. The third-order valence-corrected chi connectivity index (χ3v) is 5.84. The molecule has 31 heavy (non-hydrogen) atoms. The van der Waals surface area contributed by atoms with E-state index in [4.69, 9.17) is 15.5 Å². The molecule has 3 rings (SSSR count). The minimum atomic E-state index is -1.22. The lowest BCUT2D eigenvalue weighted by Crippen LogP contribution is -2.51. The van der Waals surface area contributed by atoms with Crippen LogP contribution in [0.25, 0.3) is 5.57 Å². The topological polar surface area (TPSA) is 76.7 Å². The van der Waals surface area contributed by atoms with Crippen molar-refractivity contribution in [3.8, 4) is 5.75 Å². The lowest BCUT2D eigenvalue weighted by atomic mass is 9.81. The predicted octanol–water partition coefficient (Wildman–Crippen LogP) is 4.77. The molecule has 1 amide bonds. The number of unbranched alkanes of at least 4 members (excludes halogenated alkanes) is 2. The van der Waals surface area contributed by atoms with Gasteiger partial charge in [0.05, 0.1) is 12.7 Å². The van der Waals surface area contributed by atoms with Gasteiger partial charge in [0.1, 0.15) is 17.3 Å². The molecule has 2 aromatic rings. The number of aliphatic imine (C=N–C) groups is 1. The number of carbonyl (C=O) groups is 1. The normalized spacial score (nSPS) is 19.1. The number of nitrogens with two attached hydrogens (primary N) is 1. The number of primary amides is 1. The number of ether oxygens (including phenoxy) is 1. The summed E-state index contributed by atoms with van der Waals surface area (Å²) in [5.41, 5.74) is 6.45. The molecular weight excluding hydrogens is 393 g/mol. The van der Waals surface area contributed by atoms with Gasteiger partial charge in [0.15, 0.2) is 5.66 Å². The fraction of sp³-hybridized carbons (Fsp3) is 0.360. The Morgan fingerprint density at radius 3 is 2.58 bits per heavy atom. The van der Waals surface area contributed by atoms with Gasteiger partial charge in [0, 0.05) is 17.7 Å². The average Bonchev–Trinajstić information content (AvgIpc) is 2.79. The lowest BCUT2D eigenvalue weighted by molar-refractivity contribution is -0.115. The van der Waals surface area contributed by atoms with Gasteiger partial charge in [0.25, 0.3) is 5.91 Å². The zero-order valence-electron chi connectivity index (χ0n) is 18.3. The minimum Gasteiger partial charge on any atom is -0.496 e. The fourth-order valence-corrected chi connectivity index (χ4v) is 4.13. The van der Waals surface area contributed by atoms with Gasteiger partial charge in [-0.1, -0.05) is 69.5 Å². The summed E-state index contributed by atoms with van der Waals surface area (Å²) in [7, 11) is 1.50. The van der Waals surface area contributed by atoms with E-state index in [2.05, 4.69) is 12.2 Å². The van der Waals surface area contributed by atoms with Gasteiger partial charge >= 0.3 is 0 Å². The summed E-state index contributed by atoms with van der Waals surface area (Å²) in [6.45, 7) is 4.15. The van der Waals surface area contributed by atoms with E-state index in [0.717, 1.165) is 31.2 Å². The number of amides is 1. The van der Waals surface area contributed by atoms with Crippen LogP contribution in [0, 0.1) is 11.7 Å². The maximum atomic E-state index is 15.2. The molecule has 0 spiro atoms. The zero-order valence-corrected chi connectivity index (χ0v) is 18.3. The van der Waals surface area contributed by atoms with Gasteiger partial charge in [-0.15, -0.1) is 0 Å². The van der Waals surface area contributed by atoms with Crippen LogP contribution in [0.3, 0.4) is 0 Å². The van der Waals surface area contributed by atoms with Gasteiger partial charge in [-0.05, 0) is 24.1 Å². The molecule has 0 aliphatic carbocycles. The van der Waals surface area contributed by atoms with Crippen LogP contribution in [-0.2, 0) is 10.5 Å². The number of allylic oxidation sites excluding steroid dienone is 1. The van der Waals surface area contributed by atoms with Crippen LogP contribution < -0.4 is 15.8 Å². The van der Waals surface area contributed by atoms with Crippen LogP contribution >= 0.6 is 0 Å². The summed E-state index contributed by atoms with van der Waals surface area (Å²) in [6.07, 6.45) is 5.53. The van der Waals surface area contributed by atoms with Crippen LogP contribution in [0.2, 0.25) is 0 Å². The largest absolute Gasteiger partial charge is 0.496 e. The highest BCUT2D eigenvalue weighted by Gasteiger charge is 2.45. The number of nitrogens with one attached hydrogen (secondary N) is 1. The van der Waals surface area contributed by atoms with Crippen LogP contribution in [0.15, 0.2) is 59.2 Å². The highest BCUT2D eigenvalue weighted by Crippen LogP contribution is 2.43. The SMILES string of the molecule is CCCCCC(C)C1(c2c(F)cccc2OC)N=CC(c2ccccc2)=C(C(N)=O)N1. The number of nitrogens with zero attached hydrogens (tertiary/aromatic N) is 1. The van der Waals surface area contributed by atoms with Crippen LogP contribution in [0.4, 0.5) is 4.39 Å². The molecule has 6 heteroatoms. The summed E-state index contributed by atoms with van der Waals surface area (Å²) in [5, 5.41) is 3.26. The van der Waals surface area contributed by atoms with Crippen molar-refractivity contribution >= 4 is 17.7 Å². The van der Waals surface area contributed by atoms with Crippen molar-refractivity contribution in [1.82, 2.24) is 5.32 Å². The molecule has 0 fully saturated rings. The Morgan fingerprint density at radius 2 is 1.94 bits per heavy atom. The molecule has 2 unspecified atom stereocenters. The molecule has 0 aromatic heterocycles. The van der Waals surface area contributed by atoms with E-state index in [-0.39, 0.29) is 17.2 Å². The molecule has 5 nitrogen and oxygen atoms in total. The molecule has 0 radical (unpaired) electrons. The second kappa shape index (κ2) is 9.77. The molecule has 2 atom stereocenters. The highest BCUT2D eigenvalue weighted by atomic mass is 19.1. The van der Waals surface area contributed by atoms with Crippen molar-refractivity contribution in [3.63, 3.8) is 0 Å². The highest BCUT2D eigenvalue weighted by molar-refractivity contribution is 6.19. The molecule has 1 aliphatic rings. The first-order valence-electron chi connectivity index (χ1n) is 10.7. The van der Waals surface area contributed by atoms with E-state index in [1.165, 1.54) is 13.2 Å². The Labute approximate surface area is 183 Å². The number of halogens is 1. The quantitative estimate of drug-likeness (QED) is 0.570. The number of carbonyl (C=O) groups excluding carboxylic acids is 1. The Morgan fingerprint density at radius 1 is 1.19 bits per heavy atom. The summed E-state index contributed by atoms with van der Waals surface area (Å²) in [4.78, 5) is 17.3. The van der Waals surface area contributed by atoms with Gasteiger partial charge in [-0.25, -0.2) is 4.39 Å². The first kappa shape index (κ1) is 22.5. The van der Waals surface area contributed by atoms with Crippen LogP contribution in [0.5, 0.6) is 5.75 Å². The first-order valence-corrected chi connectivity index (χ1v) is 10.7. The lowest BCUT2D eigenvalue weighted by Gasteiger charge is -2.41. The maximum Gasteiger partial charge on any atom is 0.265 e. The molecule has 3 N–H and O–H groups in total. The minimum absolute atomic E-state index is 0.132. The monoisotopic (exact) mass is 423 g/mol. The number of benzene rings is 2. The smallest absolute Gasteiger partial charge is 0.265 e. The molecular formula is C25H30FN3O2. The first-order chi connectivity index (χ1) is 14.9. The van der Waals surface area contributed by atoms with E-state index in [9.17, 15) is 4.79 Å². The average molecular weight is 424 g/mol. The van der Waals surface area contributed by atoms with E-state index >= 15 is 4.39 Å². The van der Waals surface area contributed by atoms with Crippen LogP contribution in [-0.4, -0.2) is 19.2 Å². The Bertz CT molecular complexity index is 988.